The lowest BCUT2D eigenvalue weighted by Crippen LogP contribution is -2.23. The number of aryl methyl sites for hydroxylation is 1. The van der Waals surface area contributed by atoms with E-state index in [1.165, 1.54) is 20.2 Å². The van der Waals surface area contributed by atoms with Gasteiger partial charge in [-0.3, -0.25) is 4.72 Å². The lowest BCUT2D eigenvalue weighted by atomic mass is 9.99. The van der Waals surface area contributed by atoms with Crippen LogP contribution >= 0.6 is 0 Å². The Morgan fingerprint density at radius 2 is 1.54 bits per heavy atom. The first-order chi connectivity index (χ1) is 12.9. The van der Waals surface area contributed by atoms with Crippen LogP contribution in [0.25, 0.3) is 0 Å². The van der Waals surface area contributed by atoms with E-state index < -0.39 is 20.0 Å². The third kappa shape index (κ3) is 4.56. The first kappa shape index (κ1) is 22.4. The van der Waals surface area contributed by atoms with Gasteiger partial charge < -0.3 is 0 Å². The fraction of sp³-hybridized carbons (Fsp3) is 0.400. The van der Waals surface area contributed by atoms with Gasteiger partial charge in [0.05, 0.1) is 15.5 Å². The van der Waals surface area contributed by atoms with Crippen molar-refractivity contribution in [3.63, 3.8) is 0 Å². The minimum Gasteiger partial charge on any atom is -0.279 e. The molecule has 0 saturated heterocycles. The summed E-state index contributed by atoms with van der Waals surface area (Å²) in [6, 6.07) is 9.69. The van der Waals surface area contributed by atoms with Crippen LogP contribution < -0.4 is 4.72 Å². The normalized spacial score (nSPS) is 13.5. The minimum atomic E-state index is -3.84. The zero-order valence-corrected chi connectivity index (χ0v) is 18.8. The second-order valence-electron chi connectivity index (χ2n) is 7.18. The predicted octanol–water partition coefficient (Wildman–Crippen LogP) is 3.87. The molecule has 28 heavy (non-hydrogen) atoms. The smallest absolute Gasteiger partial charge is 0.261 e. The predicted molar refractivity (Wildman–Crippen MR) is 113 cm³/mol. The maximum atomic E-state index is 12.8. The maximum absolute atomic E-state index is 12.8. The van der Waals surface area contributed by atoms with Crippen molar-refractivity contribution in [1.82, 2.24) is 4.31 Å². The van der Waals surface area contributed by atoms with E-state index in [1.54, 1.807) is 32.0 Å². The molecule has 8 heteroatoms. The number of hydrogen-bond donors (Lipinski definition) is 1. The molecule has 1 atom stereocenters. The number of hydrogen-bond acceptors (Lipinski definition) is 4. The van der Waals surface area contributed by atoms with Crippen LogP contribution in [0.1, 0.15) is 42.9 Å². The summed E-state index contributed by atoms with van der Waals surface area (Å²) in [5.41, 5.74) is 2.70. The Bertz CT molecular complexity index is 1060. The molecule has 2 rings (SSSR count). The molecular formula is C20H28N2O4S2. The van der Waals surface area contributed by atoms with Gasteiger partial charge in [-0.15, -0.1) is 0 Å². The van der Waals surface area contributed by atoms with Crippen LogP contribution in [-0.2, 0) is 20.0 Å². The molecule has 6 nitrogen and oxygen atoms in total. The van der Waals surface area contributed by atoms with Crippen LogP contribution in [0.5, 0.6) is 0 Å². The van der Waals surface area contributed by atoms with Gasteiger partial charge in [0.2, 0.25) is 10.0 Å². The third-order valence-electron chi connectivity index (χ3n) is 5.04. The maximum Gasteiger partial charge on any atom is 0.261 e. The molecule has 0 aromatic heterocycles. The first-order valence-electron chi connectivity index (χ1n) is 9.06. The van der Waals surface area contributed by atoms with Crippen LogP contribution in [-0.4, -0.2) is 35.2 Å². The van der Waals surface area contributed by atoms with Crippen molar-refractivity contribution in [1.29, 1.82) is 0 Å². The summed E-state index contributed by atoms with van der Waals surface area (Å²) in [5, 5.41) is 0. The molecule has 0 heterocycles. The van der Waals surface area contributed by atoms with Gasteiger partial charge in [-0.1, -0.05) is 26.0 Å². The molecule has 0 radical (unpaired) electrons. The van der Waals surface area contributed by atoms with Crippen molar-refractivity contribution in [2.45, 2.75) is 49.8 Å². The molecule has 0 spiro atoms. The molecular weight excluding hydrogens is 396 g/mol. The van der Waals surface area contributed by atoms with E-state index in [1.807, 2.05) is 12.1 Å². The molecule has 0 aliphatic heterocycles. The van der Waals surface area contributed by atoms with Gasteiger partial charge in [-0.25, -0.2) is 21.1 Å². The number of anilines is 1. The van der Waals surface area contributed by atoms with E-state index in [0.29, 0.717) is 17.0 Å². The van der Waals surface area contributed by atoms with Gasteiger partial charge in [-0.2, -0.15) is 0 Å². The minimum absolute atomic E-state index is 0.0467. The van der Waals surface area contributed by atoms with Crippen molar-refractivity contribution in [3.05, 3.63) is 53.1 Å². The summed E-state index contributed by atoms with van der Waals surface area (Å²) in [4.78, 5) is 0.183. The van der Waals surface area contributed by atoms with Crippen molar-refractivity contribution in [2.75, 3.05) is 18.8 Å². The monoisotopic (exact) mass is 424 g/mol. The summed E-state index contributed by atoms with van der Waals surface area (Å²) in [6.45, 7) is 7.68. The topological polar surface area (TPSA) is 83.5 Å². The second kappa shape index (κ2) is 8.23. The van der Waals surface area contributed by atoms with Crippen molar-refractivity contribution in [3.8, 4) is 0 Å². The molecule has 2 aromatic rings. The molecule has 0 bridgehead atoms. The van der Waals surface area contributed by atoms with E-state index in [2.05, 4.69) is 18.6 Å². The highest BCUT2D eigenvalue weighted by Crippen LogP contribution is 2.28. The van der Waals surface area contributed by atoms with Crippen LogP contribution in [0.15, 0.2) is 46.2 Å². The van der Waals surface area contributed by atoms with E-state index in [4.69, 9.17) is 0 Å². The summed E-state index contributed by atoms with van der Waals surface area (Å²) >= 11 is 0. The summed E-state index contributed by atoms with van der Waals surface area (Å²) in [7, 11) is -4.65. The lowest BCUT2D eigenvalue weighted by molar-refractivity contribution is 0.520. The Morgan fingerprint density at radius 1 is 0.964 bits per heavy atom. The molecule has 0 fully saturated rings. The SMILES string of the molecule is CC[C@@H](C)c1ccc(S(=O)(=O)Nc2cc(S(=O)(=O)N(C)C)cc(C)c2C)cc1. The van der Waals surface area contributed by atoms with Crippen LogP contribution in [0, 0.1) is 13.8 Å². The third-order valence-corrected chi connectivity index (χ3v) is 8.21. The quantitative estimate of drug-likeness (QED) is 0.731. The molecule has 0 aliphatic rings. The Hall–Kier alpha value is -1.90. The highest BCUT2D eigenvalue weighted by Gasteiger charge is 2.22. The number of benzene rings is 2. The van der Waals surface area contributed by atoms with Gasteiger partial charge in [0.25, 0.3) is 10.0 Å². The number of nitrogens with zero attached hydrogens (tertiary/aromatic N) is 1. The number of sulfonamides is 2. The van der Waals surface area contributed by atoms with E-state index in [-0.39, 0.29) is 15.5 Å². The molecule has 0 unspecified atom stereocenters. The standard InChI is InChI=1S/C20H28N2O4S2/c1-7-14(2)17-8-10-18(11-9-17)27(23,24)21-20-13-19(12-15(3)16(20)4)28(25,26)22(5)6/h8-14,21H,7H2,1-6H3/t14-/m1/s1. The van der Waals surface area contributed by atoms with E-state index in [9.17, 15) is 16.8 Å². The van der Waals surface area contributed by atoms with Gasteiger partial charge in [0.15, 0.2) is 0 Å². The largest absolute Gasteiger partial charge is 0.279 e. The summed E-state index contributed by atoms with van der Waals surface area (Å²) < 4.78 is 54.3. The Labute approximate surface area is 168 Å². The zero-order chi connectivity index (χ0) is 21.3. The molecule has 154 valence electrons. The van der Waals surface area contributed by atoms with E-state index in [0.717, 1.165) is 16.3 Å². The average molecular weight is 425 g/mol. The van der Waals surface area contributed by atoms with Gasteiger partial charge in [-0.05, 0) is 67.1 Å². The molecule has 0 amide bonds. The van der Waals surface area contributed by atoms with Gasteiger partial charge in [0.1, 0.15) is 0 Å². The number of rotatable bonds is 7. The molecule has 1 N–H and O–H groups in total. The Balaban J connectivity index is 2.45. The lowest BCUT2D eigenvalue weighted by Gasteiger charge is -2.17. The fourth-order valence-corrected chi connectivity index (χ4v) is 4.83. The van der Waals surface area contributed by atoms with Crippen LogP contribution in [0.2, 0.25) is 0 Å². The average Bonchev–Trinajstić information content (AvgIpc) is 2.64. The van der Waals surface area contributed by atoms with Crippen LogP contribution in [0.4, 0.5) is 5.69 Å². The summed E-state index contributed by atoms with van der Waals surface area (Å²) in [6.07, 6.45) is 0.968. The Morgan fingerprint density at radius 3 is 2.04 bits per heavy atom. The van der Waals surface area contributed by atoms with Crippen LogP contribution in [0.3, 0.4) is 0 Å². The second-order valence-corrected chi connectivity index (χ2v) is 11.0. The van der Waals surface area contributed by atoms with E-state index >= 15 is 0 Å². The molecule has 0 saturated carbocycles. The zero-order valence-electron chi connectivity index (χ0n) is 17.1. The number of nitrogens with one attached hydrogen (secondary N) is 1. The van der Waals surface area contributed by atoms with Gasteiger partial charge >= 0.3 is 0 Å². The Kier molecular flexibility index (Phi) is 6.58. The van der Waals surface area contributed by atoms with Gasteiger partial charge in [0, 0.05) is 14.1 Å². The fourth-order valence-electron chi connectivity index (χ4n) is 2.71. The highest BCUT2D eigenvalue weighted by molar-refractivity contribution is 7.92. The van der Waals surface area contributed by atoms with Crippen molar-refractivity contribution < 1.29 is 16.8 Å². The van der Waals surface area contributed by atoms with Crippen molar-refractivity contribution in [2.24, 2.45) is 0 Å². The van der Waals surface area contributed by atoms with Crippen molar-refractivity contribution >= 4 is 25.7 Å². The molecule has 0 aliphatic carbocycles. The highest BCUT2D eigenvalue weighted by atomic mass is 32.2. The first-order valence-corrected chi connectivity index (χ1v) is 12.0. The summed E-state index contributed by atoms with van der Waals surface area (Å²) in [5.74, 6) is 0.350. The molecule has 2 aromatic carbocycles.